The Labute approximate surface area is 135 Å². The Bertz CT molecular complexity index is 551. The Balaban J connectivity index is 2.82. The molecule has 0 bridgehead atoms. The van der Waals surface area contributed by atoms with E-state index in [1.165, 1.54) is 0 Å². The minimum atomic E-state index is -3.22. The molecule has 1 atom stereocenters. The summed E-state index contributed by atoms with van der Waals surface area (Å²) in [4.78, 5) is 4.07. The van der Waals surface area contributed by atoms with Gasteiger partial charge in [-0.2, -0.15) is 0 Å². The van der Waals surface area contributed by atoms with Crippen LogP contribution in [0.5, 0.6) is 0 Å². The quantitative estimate of drug-likeness (QED) is 0.793. The molecule has 0 spiro atoms. The van der Waals surface area contributed by atoms with Gasteiger partial charge in [-0.25, -0.2) is 13.1 Å². The van der Waals surface area contributed by atoms with Crippen molar-refractivity contribution < 1.29 is 8.42 Å². The average Bonchev–Trinajstić information content (AvgIpc) is 2.37. The zero-order chi connectivity index (χ0) is 16.9. The molecule has 1 aromatic carbocycles. The molecule has 0 amide bonds. The van der Waals surface area contributed by atoms with Crippen LogP contribution in [0.2, 0.25) is 0 Å². The molecule has 1 aromatic rings. The van der Waals surface area contributed by atoms with Gasteiger partial charge in [-0.15, -0.1) is 0 Å². The van der Waals surface area contributed by atoms with E-state index < -0.39 is 10.0 Å². The first-order chi connectivity index (χ1) is 10.1. The van der Waals surface area contributed by atoms with E-state index in [0.29, 0.717) is 6.54 Å². The van der Waals surface area contributed by atoms with Gasteiger partial charge in [0, 0.05) is 32.4 Å². The van der Waals surface area contributed by atoms with Crippen LogP contribution in [0.15, 0.2) is 24.3 Å². The van der Waals surface area contributed by atoms with E-state index in [9.17, 15) is 8.42 Å². The first-order valence-electron chi connectivity index (χ1n) is 7.53. The summed E-state index contributed by atoms with van der Waals surface area (Å²) >= 11 is 0. The molecular formula is C16H29N3O2S. The van der Waals surface area contributed by atoms with Crippen molar-refractivity contribution in [1.29, 1.82) is 0 Å². The SMILES string of the molecule is CC(C)CS(=O)(=O)NCC(c1ccc(N(C)C)cc1)N(C)C. The van der Waals surface area contributed by atoms with Crippen LogP contribution in [0.3, 0.4) is 0 Å². The van der Waals surface area contributed by atoms with Gasteiger partial charge in [0.25, 0.3) is 0 Å². The van der Waals surface area contributed by atoms with Crippen molar-refractivity contribution in [3.05, 3.63) is 29.8 Å². The molecule has 5 nitrogen and oxygen atoms in total. The average molecular weight is 327 g/mol. The van der Waals surface area contributed by atoms with Crippen molar-refractivity contribution in [3.8, 4) is 0 Å². The highest BCUT2D eigenvalue weighted by atomic mass is 32.2. The second-order valence-corrected chi connectivity index (χ2v) is 8.34. The number of benzene rings is 1. The molecule has 0 aromatic heterocycles. The third-order valence-corrected chi connectivity index (χ3v) is 5.18. The van der Waals surface area contributed by atoms with E-state index in [2.05, 4.69) is 29.0 Å². The van der Waals surface area contributed by atoms with Crippen molar-refractivity contribution in [2.45, 2.75) is 19.9 Å². The number of anilines is 1. The lowest BCUT2D eigenvalue weighted by Crippen LogP contribution is -2.36. The lowest BCUT2D eigenvalue weighted by atomic mass is 10.1. The summed E-state index contributed by atoms with van der Waals surface area (Å²) in [7, 11) is 4.69. The second-order valence-electron chi connectivity index (χ2n) is 6.49. The standard InChI is InChI=1S/C16H29N3O2S/c1-13(2)12-22(20,21)17-11-16(19(5)6)14-7-9-15(10-8-14)18(3)4/h7-10,13,16-17H,11-12H2,1-6H3. The monoisotopic (exact) mass is 327 g/mol. The molecule has 6 heteroatoms. The highest BCUT2D eigenvalue weighted by Gasteiger charge is 2.19. The van der Waals surface area contributed by atoms with Gasteiger partial charge in [0.2, 0.25) is 10.0 Å². The smallest absolute Gasteiger partial charge is 0.211 e. The summed E-state index contributed by atoms with van der Waals surface area (Å²) in [5, 5.41) is 0. The molecule has 0 saturated carbocycles. The Kier molecular flexibility index (Phi) is 6.84. The highest BCUT2D eigenvalue weighted by molar-refractivity contribution is 7.89. The van der Waals surface area contributed by atoms with E-state index in [1.807, 2.05) is 51.8 Å². The predicted molar refractivity (Wildman–Crippen MR) is 93.8 cm³/mol. The van der Waals surface area contributed by atoms with Crippen molar-refractivity contribution in [2.75, 3.05) is 45.4 Å². The fourth-order valence-corrected chi connectivity index (χ4v) is 3.70. The van der Waals surface area contributed by atoms with E-state index in [-0.39, 0.29) is 17.7 Å². The number of rotatable bonds is 8. The number of nitrogens with zero attached hydrogens (tertiary/aromatic N) is 2. The Morgan fingerprint density at radius 2 is 1.59 bits per heavy atom. The minimum absolute atomic E-state index is 0.0122. The molecule has 22 heavy (non-hydrogen) atoms. The second kappa shape index (κ2) is 7.94. The molecule has 1 rings (SSSR count). The molecule has 0 aliphatic carbocycles. The first-order valence-corrected chi connectivity index (χ1v) is 9.18. The van der Waals surface area contributed by atoms with E-state index >= 15 is 0 Å². The summed E-state index contributed by atoms with van der Waals surface area (Å²) in [6.45, 7) is 4.19. The zero-order valence-electron chi connectivity index (χ0n) is 14.5. The third kappa shape index (κ3) is 5.94. The van der Waals surface area contributed by atoms with Crippen LogP contribution in [0.25, 0.3) is 0 Å². The molecule has 0 aliphatic heterocycles. The summed E-state index contributed by atoms with van der Waals surface area (Å²) in [6, 6.07) is 8.22. The topological polar surface area (TPSA) is 52.7 Å². The van der Waals surface area contributed by atoms with Crippen LogP contribution >= 0.6 is 0 Å². The number of likely N-dealkylation sites (N-methyl/N-ethyl adjacent to an activating group) is 1. The van der Waals surface area contributed by atoms with Crippen LogP contribution in [0.4, 0.5) is 5.69 Å². The van der Waals surface area contributed by atoms with E-state index in [1.54, 1.807) is 0 Å². The molecule has 0 heterocycles. The first kappa shape index (κ1) is 18.9. The van der Waals surface area contributed by atoms with Gasteiger partial charge in [-0.1, -0.05) is 26.0 Å². The molecule has 1 N–H and O–H groups in total. The summed E-state index contributed by atoms with van der Waals surface area (Å²) < 4.78 is 26.7. The maximum atomic E-state index is 12.0. The molecule has 0 saturated heterocycles. The van der Waals surface area contributed by atoms with Gasteiger partial charge < -0.3 is 9.80 Å². The lowest BCUT2D eigenvalue weighted by Gasteiger charge is -2.26. The summed E-state index contributed by atoms with van der Waals surface area (Å²) in [5.41, 5.74) is 2.23. The molecular weight excluding hydrogens is 298 g/mol. The van der Waals surface area contributed by atoms with Gasteiger partial charge >= 0.3 is 0 Å². The van der Waals surface area contributed by atoms with Crippen LogP contribution in [0, 0.1) is 5.92 Å². The number of hydrogen-bond acceptors (Lipinski definition) is 4. The molecule has 126 valence electrons. The normalized spacial score (nSPS) is 13.6. The van der Waals surface area contributed by atoms with Crippen LogP contribution in [-0.2, 0) is 10.0 Å². The largest absolute Gasteiger partial charge is 0.378 e. The van der Waals surface area contributed by atoms with Gasteiger partial charge in [-0.05, 0) is 37.7 Å². The highest BCUT2D eigenvalue weighted by Crippen LogP contribution is 2.21. The summed E-state index contributed by atoms with van der Waals surface area (Å²) in [5.74, 6) is 0.280. The zero-order valence-corrected chi connectivity index (χ0v) is 15.3. The maximum absolute atomic E-state index is 12.0. The van der Waals surface area contributed by atoms with Crippen molar-refractivity contribution in [3.63, 3.8) is 0 Å². The van der Waals surface area contributed by atoms with Gasteiger partial charge in [0.15, 0.2) is 0 Å². The summed E-state index contributed by atoms with van der Waals surface area (Å²) in [6.07, 6.45) is 0. The number of sulfonamides is 1. The van der Waals surface area contributed by atoms with Crippen molar-refractivity contribution in [2.24, 2.45) is 5.92 Å². The maximum Gasteiger partial charge on any atom is 0.211 e. The molecule has 1 unspecified atom stereocenters. The van der Waals surface area contributed by atoms with Crippen LogP contribution in [0.1, 0.15) is 25.5 Å². The van der Waals surface area contributed by atoms with E-state index in [4.69, 9.17) is 0 Å². The van der Waals surface area contributed by atoms with E-state index in [0.717, 1.165) is 11.3 Å². The molecule has 0 radical (unpaired) electrons. The molecule has 0 fully saturated rings. The number of nitrogens with one attached hydrogen (secondary N) is 1. The number of hydrogen-bond donors (Lipinski definition) is 1. The fourth-order valence-electron chi connectivity index (χ4n) is 2.30. The lowest BCUT2D eigenvalue weighted by molar-refractivity contribution is 0.299. The predicted octanol–water partition coefficient (Wildman–Crippen LogP) is 1.93. The Morgan fingerprint density at radius 1 is 1.05 bits per heavy atom. The van der Waals surface area contributed by atoms with Crippen LogP contribution < -0.4 is 9.62 Å². The van der Waals surface area contributed by atoms with Crippen molar-refractivity contribution >= 4 is 15.7 Å². The Hall–Kier alpha value is -1.11. The fraction of sp³-hybridized carbons (Fsp3) is 0.625. The van der Waals surface area contributed by atoms with Gasteiger partial charge in [-0.3, -0.25) is 0 Å². The third-order valence-electron chi connectivity index (χ3n) is 3.47. The Morgan fingerprint density at radius 3 is 2.00 bits per heavy atom. The van der Waals surface area contributed by atoms with Crippen LogP contribution in [-0.4, -0.2) is 53.8 Å². The van der Waals surface area contributed by atoms with Gasteiger partial charge in [0.05, 0.1) is 5.75 Å². The molecule has 0 aliphatic rings. The minimum Gasteiger partial charge on any atom is -0.378 e. The van der Waals surface area contributed by atoms with Crippen molar-refractivity contribution in [1.82, 2.24) is 9.62 Å². The van der Waals surface area contributed by atoms with Gasteiger partial charge in [0.1, 0.15) is 0 Å².